The quantitative estimate of drug-likeness (QED) is 0.630. The van der Waals surface area contributed by atoms with Crippen molar-refractivity contribution in [3.63, 3.8) is 0 Å². The maximum Gasteiger partial charge on any atom is 0.226 e. The molecule has 1 aliphatic heterocycles. The molecule has 3 aromatic rings. The lowest BCUT2D eigenvalue weighted by atomic mass is 10.2. The number of aryl methyl sites for hydroxylation is 1. The lowest BCUT2D eigenvalue weighted by molar-refractivity contribution is 0.0649. The molecule has 0 saturated carbocycles. The fourth-order valence-electron chi connectivity index (χ4n) is 3.37. The molecular weight excluding hydrogens is 328 g/mol. The summed E-state index contributed by atoms with van der Waals surface area (Å²) < 4.78 is 17.3. The summed E-state index contributed by atoms with van der Waals surface area (Å²) in [5.74, 6) is 2.49. The van der Waals surface area contributed by atoms with Crippen LogP contribution in [0.3, 0.4) is 0 Å². The Morgan fingerprint density at radius 3 is 2.73 bits per heavy atom. The summed E-state index contributed by atoms with van der Waals surface area (Å²) in [7, 11) is 0. The van der Waals surface area contributed by atoms with Gasteiger partial charge in [0.05, 0.1) is 24.6 Å². The van der Waals surface area contributed by atoms with E-state index in [1.807, 2.05) is 49.4 Å². The van der Waals surface area contributed by atoms with E-state index in [4.69, 9.17) is 18.6 Å². The van der Waals surface area contributed by atoms with Gasteiger partial charge in [0.1, 0.15) is 11.5 Å². The van der Waals surface area contributed by atoms with Crippen LogP contribution in [0, 0.1) is 6.92 Å². The van der Waals surface area contributed by atoms with Crippen LogP contribution >= 0.6 is 0 Å². The number of rotatable bonds is 7. The summed E-state index contributed by atoms with van der Waals surface area (Å²) in [5, 5.41) is 0. The zero-order chi connectivity index (χ0) is 17.8. The van der Waals surface area contributed by atoms with Gasteiger partial charge in [0, 0.05) is 25.3 Å². The smallest absolute Gasteiger partial charge is 0.226 e. The van der Waals surface area contributed by atoms with Gasteiger partial charge in [0.15, 0.2) is 0 Å². The third-order valence-corrected chi connectivity index (χ3v) is 4.73. The average molecular weight is 352 g/mol. The maximum absolute atomic E-state index is 5.91. The molecule has 0 aliphatic carbocycles. The molecule has 5 heteroatoms. The summed E-state index contributed by atoms with van der Waals surface area (Å²) in [6.45, 7) is 5.16. The summed E-state index contributed by atoms with van der Waals surface area (Å²) in [4.78, 5) is 7.07. The molecule has 1 fully saturated rings. The lowest BCUT2D eigenvalue weighted by Gasteiger charge is -2.23. The Kier molecular flexibility index (Phi) is 5.18. The highest BCUT2D eigenvalue weighted by Crippen LogP contribution is 2.24. The van der Waals surface area contributed by atoms with E-state index in [0.29, 0.717) is 12.4 Å². The average Bonchev–Trinajstić information content (AvgIpc) is 3.40. The molecule has 3 heterocycles. The van der Waals surface area contributed by atoms with Crippen LogP contribution in [0.5, 0.6) is 0 Å². The van der Waals surface area contributed by atoms with Crippen LogP contribution in [-0.4, -0.2) is 29.1 Å². The predicted molar refractivity (Wildman–Crippen MR) is 98.5 cm³/mol. The Morgan fingerprint density at radius 1 is 1.12 bits per heavy atom. The molecular formula is C21H24N2O3. The Morgan fingerprint density at radius 2 is 2.00 bits per heavy atom. The zero-order valence-corrected chi connectivity index (χ0v) is 15.1. The highest BCUT2D eigenvalue weighted by atomic mass is 16.5. The van der Waals surface area contributed by atoms with E-state index in [-0.39, 0.29) is 6.10 Å². The topological polar surface area (TPSA) is 51.6 Å². The van der Waals surface area contributed by atoms with E-state index < -0.39 is 0 Å². The minimum absolute atomic E-state index is 0.283. The molecule has 0 radical (unpaired) electrons. The van der Waals surface area contributed by atoms with Gasteiger partial charge in [-0.05, 0) is 44.0 Å². The van der Waals surface area contributed by atoms with E-state index >= 15 is 0 Å². The summed E-state index contributed by atoms with van der Waals surface area (Å²) in [5.41, 5.74) is 1.96. The predicted octanol–water partition coefficient (Wildman–Crippen LogP) is 4.42. The van der Waals surface area contributed by atoms with Crippen molar-refractivity contribution in [2.24, 2.45) is 0 Å². The van der Waals surface area contributed by atoms with Crippen molar-refractivity contribution in [2.45, 2.75) is 39.0 Å². The minimum Gasteiger partial charge on any atom is -0.468 e. The molecule has 2 aromatic heterocycles. The van der Waals surface area contributed by atoms with Gasteiger partial charge < -0.3 is 13.6 Å². The van der Waals surface area contributed by atoms with Crippen molar-refractivity contribution in [2.75, 3.05) is 13.2 Å². The second-order valence-corrected chi connectivity index (χ2v) is 6.77. The van der Waals surface area contributed by atoms with Crippen LogP contribution in [0.1, 0.15) is 30.1 Å². The molecule has 0 spiro atoms. The van der Waals surface area contributed by atoms with Crippen molar-refractivity contribution < 1.29 is 13.6 Å². The molecule has 4 rings (SSSR count). The van der Waals surface area contributed by atoms with Crippen molar-refractivity contribution in [3.8, 4) is 11.5 Å². The van der Waals surface area contributed by atoms with Crippen molar-refractivity contribution in [1.29, 1.82) is 0 Å². The highest BCUT2D eigenvalue weighted by molar-refractivity contribution is 5.53. The van der Waals surface area contributed by atoms with Crippen LogP contribution in [-0.2, 0) is 17.8 Å². The van der Waals surface area contributed by atoms with Crippen molar-refractivity contribution >= 4 is 0 Å². The second kappa shape index (κ2) is 7.89. The van der Waals surface area contributed by atoms with Gasteiger partial charge in [-0.2, -0.15) is 0 Å². The first-order valence-electron chi connectivity index (χ1n) is 9.16. The van der Waals surface area contributed by atoms with E-state index in [0.717, 1.165) is 55.3 Å². The number of nitrogens with zero attached hydrogens (tertiary/aromatic N) is 2. The first-order valence-corrected chi connectivity index (χ1v) is 9.16. The summed E-state index contributed by atoms with van der Waals surface area (Å²) >= 11 is 0. The fourth-order valence-corrected chi connectivity index (χ4v) is 3.37. The molecule has 1 atom stereocenters. The summed E-state index contributed by atoms with van der Waals surface area (Å²) in [6.07, 6.45) is 4.25. The molecule has 0 amide bonds. The number of oxazole rings is 1. The molecule has 26 heavy (non-hydrogen) atoms. The standard InChI is InChI=1S/C21H24N2O3/c1-16-20(22-21(26-16)17-7-3-2-4-8-17)15-23(13-18-9-5-11-24-18)14-19-10-6-12-25-19/h2-5,7-9,11,19H,6,10,12-15H2,1H3. The Hall–Kier alpha value is -2.37. The zero-order valence-electron chi connectivity index (χ0n) is 15.1. The van der Waals surface area contributed by atoms with E-state index in [1.165, 1.54) is 0 Å². The molecule has 1 saturated heterocycles. The number of aromatic nitrogens is 1. The van der Waals surface area contributed by atoms with Crippen LogP contribution in [0.25, 0.3) is 11.5 Å². The van der Waals surface area contributed by atoms with E-state index in [1.54, 1.807) is 6.26 Å². The molecule has 1 unspecified atom stereocenters. The van der Waals surface area contributed by atoms with Gasteiger partial charge in [0.2, 0.25) is 5.89 Å². The first kappa shape index (κ1) is 17.1. The molecule has 136 valence electrons. The monoisotopic (exact) mass is 352 g/mol. The maximum atomic E-state index is 5.91. The van der Waals surface area contributed by atoms with Crippen molar-refractivity contribution in [1.82, 2.24) is 9.88 Å². The largest absolute Gasteiger partial charge is 0.468 e. The van der Waals surface area contributed by atoms with Gasteiger partial charge in [-0.3, -0.25) is 4.90 Å². The Labute approximate surface area is 153 Å². The second-order valence-electron chi connectivity index (χ2n) is 6.77. The summed E-state index contributed by atoms with van der Waals surface area (Å²) in [6, 6.07) is 13.9. The number of benzene rings is 1. The number of ether oxygens (including phenoxy) is 1. The van der Waals surface area contributed by atoms with E-state index in [9.17, 15) is 0 Å². The van der Waals surface area contributed by atoms with Gasteiger partial charge in [-0.15, -0.1) is 0 Å². The Bertz CT molecular complexity index is 805. The number of hydrogen-bond donors (Lipinski definition) is 0. The number of hydrogen-bond acceptors (Lipinski definition) is 5. The van der Waals surface area contributed by atoms with Gasteiger partial charge in [0.25, 0.3) is 0 Å². The van der Waals surface area contributed by atoms with Crippen LogP contribution in [0.15, 0.2) is 57.6 Å². The Balaban J connectivity index is 1.51. The lowest BCUT2D eigenvalue weighted by Crippen LogP contribution is -2.31. The normalized spacial score (nSPS) is 17.2. The fraction of sp³-hybridized carbons (Fsp3) is 0.381. The molecule has 0 bridgehead atoms. The van der Waals surface area contributed by atoms with Gasteiger partial charge in [-0.25, -0.2) is 4.98 Å². The third kappa shape index (κ3) is 4.06. The molecule has 1 aromatic carbocycles. The van der Waals surface area contributed by atoms with Crippen molar-refractivity contribution in [3.05, 3.63) is 65.9 Å². The SMILES string of the molecule is Cc1oc(-c2ccccc2)nc1CN(Cc1ccco1)CC1CCCO1. The van der Waals surface area contributed by atoms with E-state index in [2.05, 4.69) is 4.90 Å². The van der Waals surface area contributed by atoms with Gasteiger partial charge in [-0.1, -0.05) is 18.2 Å². The highest BCUT2D eigenvalue weighted by Gasteiger charge is 2.22. The van der Waals surface area contributed by atoms with Gasteiger partial charge >= 0.3 is 0 Å². The van der Waals surface area contributed by atoms with Crippen LogP contribution < -0.4 is 0 Å². The molecule has 0 N–H and O–H groups in total. The molecule has 1 aliphatic rings. The van der Waals surface area contributed by atoms with Crippen LogP contribution in [0.4, 0.5) is 0 Å². The minimum atomic E-state index is 0.283. The molecule has 5 nitrogen and oxygen atoms in total. The van der Waals surface area contributed by atoms with Crippen LogP contribution in [0.2, 0.25) is 0 Å². The third-order valence-electron chi connectivity index (χ3n) is 4.73. The number of furan rings is 1. The first-order chi connectivity index (χ1) is 12.8.